The van der Waals surface area contributed by atoms with E-state index in [2.05, 4.69) is 10.3 Å². The van der Waals surface area contributed by atoms with Crippen LogP contribution in [0, 0.1) is 0 Å². The fraction of sp³-hybridized carbons (Fsp3) is 0.353. The Morgan fingerprint density at radius 1 is 1.23 bits per heavy atom. The van der Waals surface area contributed by atoms with E-state index in [1.807, 2.05) is 0 Å². The third kappa shape index (κ3) is 5.15. The first-order valence-corrected chi connectivity index (χ1v) is 11.1. The van der Waals surface area contributed by atoms with Gasteiger partial charge in [0.25, 0.3) is 5.91 Å². The minimum Gasteiger partial charge on any atom is -0.343 e. The molecule has 1 aromatic carbocycles. The van der Waals surface area contributed by atoms with E-state index >= 15 is 0 Å². The molecule has 1 fully saturated rings. The van der Waals surface area contributed by atoms with Crippen molar-refractivity contribution in [2.45, 2.75) is 30.0 Å². The van der Waals surface area contributed by atoms with Crippen LogP contribution in [-0.2, 0) is 14.8 Å². The molecular formula is C17H17F3N4O4S2. The molecule has 1 aromatic heterocycles. The minimum absolute atomic E-state index is 0.113. The van der Waals surface area contributed by atoms with Crippen LogP contribution in [0.25, 0.3) is 0 Å². The van der Waals surface area contributed by atoms with Crippen LogP contribution in [0.2, 0.25) is 0 Å². The Bertz CT molecular complexity index is 1010. The first kappa shape index (κ1) is 22.2. The molecule has 162 valence electrons. The highest BCUT2D eigenvalue weighted by atomic mass is 32.2. The van der Waals surface area contributed by atoms with Gasteiger partial charge in [-0.3, -0.25) is 9.59 Å². The first-order valence-electron chi connectivity index (χ1n) is 8.75. The normalized spacial score (nSPS) is 17.6. The number of hydrogen-bond donors (Lipinski definition) is 2. The van der Waals surface area contributed by atoms with Crippen molar-refractivity contribution in [1.82, 2.24) is 14.6 Å². The third-order valence-electron chi connectivity index (χ3n) is 4.34. The molecule has 2 amide bonds. The molecule has 13 heteroatoms. The molecule has 8 nitrogen and oxygen atoms in total. The van der Waals surface area contributed by atoms with Gasteiger partial charge >= 0.3 is 6.18 Å². The van der Waals surface area contributed by atoms with Crippen LogP contribution in [0.4, 0.5) is 18.3 Å². The van der Waals surface area contributed by atoms with E-state index in [0.29, 0.717) is 18.0 Å². The molecule has 0 saturated carbocycles. The van der Waals surface area contributed by atoms with E-state index < -0.39 is 40.6 Å². The first-order chi connectivity index (χ1) is 14.1. The zero-order valence-corrected chi connectivity index (χ0v) is 17.0. The number of aromatic nitrogens is 1. The number of thiazole rings is 1. The van der Waals surface area contributed by atoms with Gasteiger partial charge in [0, 0.05) is 23.7 Å². The number of alkyl halides is 3. The SMILES string of the molecule is O=C(NCC(F)(F)F)c1ccc(S(=O)(=O)N2CCCC2C(=O)Nc2nccs2)cc1. The maximum Gasteiger partial charge on any atom is 0.405 e. The van der Waals surface area contributed by atoms with E-state index in [1.54, 1.807) is 10.7 Å². The van der Waals surface area contributed by atoms with Crippen molar-refractivity contribution in [2.75, 3.05) is 18.4 Å². The molecule has 1 unspecified atom stereocenters. The zero-order valence-electron chi connectivity index (χ0n) is 15.3. The van der Waals surface area contributed by atoms with Gasteiger partial charge in [0.05, 0.1) is 4.90 Å². The van der Waals surface area contributed by atoms with Crippen molar-refractivity contribution in [1.29, 1.82) is 0 Å². The van der Waals surface area contributed by atoms with Crippen LogP contribution in [0.5, 0.6) is 0 Å². The van der Waals surface area contributed by atoms with Gasteiger partial charge in [0.2, 0.25) is 15.9 Å². The molecule has 0 radical (unpaired) electrons. The van der Waals surface area contributed by atoms with E-state index in [-0.39, 0.29) is 17.0 Å². The summed E-state index contributed by atoms with van der Waals surface area (Å²) in [6, 6.07) is 3.60. The Hall–Kier alpha value is -2.51. The Kier molecular flexibility index (Phi) is 6.43. The number of halogens is 3. The van der Waals surface area contributed by atoms with Gasteiger partial charge in [-0.2, -0.15) is 17.5 Å². The number of nitrogens with one attached hydrogen (secondary N) is 2. The van der Waals surface area contributed by atoms with Gasteiger partial charge in [-0.25, -0.2) is 13.4 Å². The maximum absolute atomic E-state index is 13.0. The lowest BCUT2D eigenvalue weighted by atomic mass is 10.2. The summed E-state index contributed by atoms with van der Waals surface area (Å²) < 4.78 is 63.7. The van der Waals surface area contributed by atoms with Crippen molar-refractivity contribution >= 4 is 38.3 Å². The van der Waals surface area contributed by atoms with Gasteiger partial charge in [0.1, 0.15) is 12.6 Å². The number of benzene rings is 1. The predicted molar refractivity (Wildman–Crippen MR) is 102 cm³/mol. The summed E-state index contributed by atoms with van der Waals surface area (Å²) >= 11 is 1.21. The number of anilines is 1. The van der Waals surface area contributed by atoms with Gasteiger partial charge in [-0.15, -0.1) is 11.3 Å². The summed E-state index contributed by atoms with van der Waals surface area (Å²) in [5.41, 5.74) is -0.113. The van der Waals surface area contributed by atoms with Crippen LogP contribution in [0.15, 0.2) is 40.7 Å². The zero-order chi connectivity index (χ0) is 21.9. The topological polar surface area (TPSA) is 108 Å². The quantitative estimate of drug-likeness (QED) is 0.685. The largest absolute Gasteiger partial charge is 0.405 e. The summed E-state index contributed by atoms with van der Waals surface area (Å²) in [5, 5.41) is 6.33. The highest BCUT2D eigenvalue weighted by Crippen LogP contribution is 2.27. The molecule has 0 spiro atoms. The van der Waals surface area contributed by atoms with Gasteiger partial charge in [-0.05, 0) is 37.1 Å². The maximum atomic E-state index is 13.0. The molecule has 30 heavy (non-hydrogen) atoms. The van der Waals surface area contributed by atoms with Crippen molar-refractivity contribution in [3.63, 3.8) is 0 Å². The third-order valence-corrected chi connectivity index (χ3v) is 6.95. The van der Waals surface area contributed by atoms with Crippen molar-refractivity contribution in [3.05, 3.63) is 41.4 Å². The molecule has 0 bridgehead atoms. The van der Waals surface area contributed by atoms with Gasteiger partial charge < -0.3 is 10.6 Å². The number of nitrogens with zero attached hydrogens (tertiary/aromatic N) is 2. The average molecular weight is 462 g/mol. The Labute approximate surface area is 174 Å². The number of carbonyl (C=O) groups excluding carboxylic acids is 2. The lowest BCUT2D eigenvalue weighted by molar-refractivity contribution is -0.123. The molecule has 2 aromatic rings. The van der Waals surface area contributed by atoms with Gasteiger partial charge in [0.15, 0.2) is 5.13 Å². The molecule has 1 saturated heterocycles. The Morgan fingerprint density at radius 3 is 2.53 bits per heavy atom. The van der Waals surface area contributed by atoms with Crippen LogP contribution in [0.3, 0.4) is 0 Å². The number of rotatable bonds is 6. The molecule has 2 heterocycles. The van der Waals surface area contributed by atoms with Crippen LogP contribution in [0.1, 0.15) is 23.2 Å². The lowest BCUT2D eigenvalue weighted by Gasteiger charge is -2.23. The van der Waals surface area contributed by atoms with E-state index in [9.17, 15) is 31.2 Å². The second-order valence-electron chi connectivity index (χ2n) is 6.42. The number of amides is 2. The monoisotopic (exact) mass is 462 g/mol. The van der Waals surface area contributed by atoms with Crippen LogP contribution < -0.4 is 10.6 Å². The average Bonchev–Trinajstić information content (AvgIpc) is 3.37. The van der Waals surface area contributed by atoms with Crippen LogP contribution in [-0.4, -0.2) is 54.8 Å². The number of hydrogen-bond acceptors (Lipinski definition) is 6. The Balaban J connectivity index is 1.72. The molecule has 1 aliphatic rings. The second-order valence-corrected chi connectivity index (χ2v) is 9.21. The summed E-state index contributed by atoms with van der Waals surface area (Å²) in [7, 11) is -4.05. The highest BCUT2D eigenvalue weighted by Gasteiger charge is 2.39. The number of carbonyl (C=O) groups is 2. The van der Waals surface area contributed by atoms with E-state index in [0.717, 1.165) is 28.6 Å². The van der Waals surface area contributed by atoms with Crippen molar-refractivity contribution in [2.24, 2.45) is 0 Å². The molecule has 3 rings (SSSR count). The van der Waals surface area contributed by atoms with E-state index in [4.69, 9.17) is 0 Å². The molecule has 2 N–H and O–H groups in total. The molecule has 1 atom stereocenters. The predicted octanol–water partition coefficient (Wildman–Crippen LogP) is 2.23. The minimum atomic E-state index is -4.55. The number of sulfonamides is 1. The van der Waals surface area contributed by atoms with Gasteiger partial charge in [-0.1, -0.05) is 0 Å². The lowest BCUT2D eigenvalue weighted by Crippen LogP contribution is -2.43. The summed E-state index contributed by atoms with van der Waals surface area (Å²) in [5.74, 6) is -1.47. The standard InChI is InChI=1S/C17H17F3N4O4S2/c18-17(19,20)10-22-14(25)11-3-5-12(6-4-11)30(27,28)24-8-1-2-13(24)15(26)23-16-21-7-9-29-16/h3-7,9,13H,1-2,8,10H2,(H,22,25)(H,21,23,26). The van der Waals surface area contributed by atoms with Crippen LogP contribution >= 0.6 is 11.3 Å². The second kappa shape index (κ2) is 8.70. The summed E-state index contributed by atoms with van der Waals surface area (Å²) in [6.45, 7) is -1.35. The summed E-state index contributed by atoms with van der Waals surface area (Å²) in [6.07, 6.45) is -2.21. The van der Waals surface area contributed by atoms with Crippen molar-refractivity contribution in [3.8, 4) is 0 Å². The fourth-order valence-electron chi connectivity index (χ4n) is 2.96. The highest BCUT2D eigenvalue weighted by molar-refractivity contribution is 7.89. The molecule has 0 aliphatic carbocycles. The smallest absolute Gasteiger partial charge is 0.343 e. The molecular weight excluding hydrogens is 445 g/mol. The summed E-state index contributed by atoms with van der Waals surface area (Å²) in [4.78, 5) is 28.1. The fourth-order valence-corrected chi connectivity index (χ4v) is 5.15. The van der Waals surface area contributed by atoms with E-state index in [1.165, 1.54) is 17.5 Å². The van der Waals surface area contributed by atoms with Crippen molar-refractivity contribution < 1.29 is 31.2 Å². The Morgan fingerprint density at radius 2 is 1.93 bits per heavy atom. The molecule has 1 aliphatic heterocycles.